The topological polar surface area (TPSA) is 58.6 Å². The van der Waals surface area contributed by atoms with Crippen LogP contribution in [0.4, 0.5) is 11.4 Å². The highest BCUT2D eigenvalue weighted by Crippen LogP contribution is 2.29. The number of amides is 1. The summed E-state index contributed by atoms with van der Waals surface area (Å²) in [4.78, 5) is 25.8. The number of esters is 1. The van der Waals surface area contributed by atoms with Gasteiger partial charge in [0.05, 0.1) is 5.56 Å². The van der Waals surface area contributed by atoms with E-state index >= 15 is 0 Å². The molecule has 1 heterocycles. The lowest BCUT2D eigenvalue weighted by Crippen LogP contribution is -2.14. The Labute approximate surface area is 147 Å². The number of nitrogens with one attached hydrogen (secondary N) is 1. The molecular formula is C20H22N2O3. The summed E-state index contributed by atoms with van der Waals surface area (Å²) in [5.41, 5.74) is 4.42. The first-order chi connectivity index (χ1) is 11.9. The van der Waals surface area contributed by atoms with E-state index in [0.29, 0.717) is 11.3 Å². The number of hydrogen-bond donors (Lipinski definition) is 1. The monoisotopic (exact) mass is 338 g/mol. The summed E-state index contributed by atoms with van der Waals surface area (Å²) in [6.07, 6.45) is 0.597. The second kappa shape index (κ2) is 6.97. The molecule has 25 heavy (non-hydrogen) atoms. The normalized spacial score (nSPS) is 14.0. The van der Waals surface area contributed by atoms with Gasteiger partial charge in [-0.15, -0.1) is 0 Å². The molecule has 1 aliphatic heterocycles. The highest BCUT2D eigenvalue weighted by Gasteiger charge is 2.20. The van der Waals surface area contributed by atoms with Gasteiger partial charge in [0.25, 0.3) is 0 Å². The van der Waals surface area contributed by atoms with Gasteiger partial charge in [-0.05, 0) is 48.7 Å². The summed E-state index contributed by atoms with van der Waals surface area (Å²) in [6.45, 7) is 4.26. The smallest absolute Gasteiger partial charge is 0.338 e. The Kier molecular flexibility index (Phi) is 4.74. The van der Waals surface area contributed by atoms with E-state index in [9.17, 15) is 9.59 Å². The summed E-state index contributed by atoms with van der Waals surface area (Å²) < 4.78 is 5.61. The zero-order chi connectivity index (χ0) is 18.0. The maximum Gasteiger partial charge on any atom is 0.338 e. The number of fused-ring (bicyclic) bond motifs is 1. The number of ether oxygens (including phenoxy) is 1. The number of nitrogens with zero attached hydrogens (tertiary/aromatic N) is 1. The molecule has 0 bridgehead atoms. The van der Waals surface area contributed by atoms with E-state index < -0.39 is 6.10 Å². The fourth-order valence-electron chi connectivity index (χ4n) is 3.04. The Hall–Kier alpha value is -2.82. The molecular weight excluding hydrogens is 316 g/mol. The molecule has 2 aromatic carbocycles. The van der Waals surface area contributed by atoms with E-state index in [0.717, 1.165) is 24.2 Å². The van der Waals surface area contributed by atoms with Gasteiger partial charge in [-0.2, -0.15) is 0 Å². The molecule has 1 amide bonds. The van der Waals surface area contributed by atoms with E-state index in [-0.39, 0.29) is 11.9 Å². The first-order valence-electron chi connectivity index (χ1n) is 8.36. The van der Waals surface area contributed by atoms with Gasteiger partial charge in [0.1, 0.15) is 6.10 Å². The Bertz CT molecular complexity index is 816. The first-order valence-corrected chi connectivity index (χ1v) is 8.36. The summed E-state index contributed by atoms with van der Waals surface area (Å²) in [7, 11) is 2.02. The van der Waals surface area contributed by atoms with Gasteiger partial charge < -0.3 is 15.0 Å². The number of carbonyl (C=O) groups excluding carboxylic acids is 2. The molecule has 0 saturated carbocycles. The van der Waals surface area contributed by atoms with Gasteiger partial charge in [0, 0.05) is 31.9 Å². The van der Waals surface area contributed by atoms with Crippen molar-refractivity contribution in [3.05, 3.63) is 59.2 Å². The molecule has 130 valence electrons. The van der Waals surface area contributed by atoms with E-state index in [4.69, 9.17) is 4.74 Å². The molecule has 5 nitrogen and oxygen atoms in total. The van der Waals surface area contributed by atoms with Crippen molar-refractivity contribution in [1.29, 1.82) is 0 Å². The largest absolute Gasteiger partial charge is 0.454 e. The molecule has 2 aromatic rings. The SMILES string of the molecule is CC(=O)Nc1cccc([C@H](C)OC(=O)c2ccc3c(c2)N(C)CC3)c1. The summed E-state index contributed by atoms with van der Waals surface area (Å²) in [5.74, 6) is -0.482. The lowest BCUT2D eigenvalue weighted by Gasteiger charge is -2.16. The van der Waals surface area contributed by atoms with Crippen molar-refractivity contribution in [2.24, 2.45) is 0 Å². The molecule has 1 atom stereocenters. The zero-order valence-corrected chi connectivity index (χ0v) is 14.7. The number of anilines is 2. The highest BCUT2D eigenvalue weighted by molar-refractivity contribution is 5.91. The average molecular weight is 338 g/mol. The molecule has 0 aromatic heterocycles. The van der Waals surface area contributed by atoms with Crippen molar-refractivity contribution in [3.63, 3.8) is 0 Å². The molecule has 0 unspecified atom stereocenters. The van der Waals surface area contributed by atoms with Crippen LogP contribution >= 0.6 is 0 Å². The van der Waals surface area contributed by atoms with Crippen molar-refractivity contribution in [2.75, 3.05) is 23.8 Å². The van der Waals surface area contributed by atoms with E-state index in [1.165, 1.54) is 12.5 Å². The molecule has 1 N–H and O–H groups in total. The van der Waals surface area contributed by atoms with Gasteiger partial charge in [-0.3, -0.25) is 4.79 Å². The van der Waals surface area contributed by atoms with Crippen LogP contribution in [-0.2, 0) is 16.0 Å². The average Bonchev–Trinajstić information content (AvgIpc) is 2.95. The Morgan fingerprint density at radius 1 is 1.20 bits per heavy atom. The first kappa shape index (κ1) is 17.0. The van der Waals surface area contributed by atoms with Crippen molar-refractivity contribution in [1.82, 2.24) is 0 Å². The lowest BCUT2D eigenvalue weighted by atomic mass is 10.1. The van der Waals surface area contributed by atoms with Crippen molar-refractivity contribution < 1.29 is 14.3 Å². The zero-order valence-electron chi connectivity index (χ0n) is 14.7. The van der Waals surface area contributed by atoms with Gasteiger partial charge in [0.2, 0.25) is 5.91 Å². The van der Waals surface area contributed by atoms with Crippen LogP contribution in [0.5, 0.6) is 0 Å². The third kappa shape index (κ3) is 3.82. The number of hydrogen-bond acceptors (Lipinski definition) is 4. The molecule has 0 radical (unpaired) electrons. The quantitative estimate of drug-likeness (QED) is 0.866. The van der Waals surface area contributed by atoms with E-state index in [1.54, 1.807) is 6.07 Å². The molecule has 3 rings (SSSR count). The Balaban J connectivity index is 1.73. The Morgan fingerprint density at radius 2 is 2.00 bits per heavy atom. The predicted molar refractivity (Wildman–Crippen MR) is 98.0 cm³/mol. The minimum absolute atomic E-state index is 0.135. The second-order valence-corrected chi connectivity index (χ2v) is 6.37. The van der Waals surface area contributed by atoms with Gasteiger partial charge in [0.15, 0.2) is 0 Å². The van der Waals surface area contributed by atoms with Gasteiger partial charge in [-0.25, -0.2) is 4.79 Å². The minimum Gasteiger partial charge on any atom is -0.454 e. The lowest BCUT2D eigenvalue weighted by molar-refractivity contribution is -0.114. The molecule has 1 aliphatic rings. The predicted octanol–water partition coefficient (Wildman–Crippen LogP) is 3.56. The van der Waals surface area contributed by atoms with Crippen molar-refractivity contribution >= 4 is 23.3 Å². The fourth-order valence-corrected chi connectivity index (χ4v) is 3.04. The van der Waals surface area contributed by atoms with Crippen LogP contribution in [0.1, 0.15) is 41.4 Å². The van der Waals surface area contributed by atoms with Crippen LogP contribution in [-0.4, -0.2) is 25.5 Å². The van der Waals surface area contributed by atoms with Crippen LogP contribution < -0.4 is 10.2 Å². The van der Waals surface area contributed by atoms with Crippen LogP contribution in [0, 0.1) is 0 Å². The molecule has 0 aliphatic carbocycles. The maximum absolute atomic E-state index is 12.5. The van der Waals surface area contributed by atoms with E-state index in [2.05, 4.69) is 10.2 Å². The summed E-state index contributed by atoms with van der Waals surface area (Å²) in [6, 6.07) is 13.0. The maximum atomic E-state index is 12.5. The van der Waals surface area contributed by atoms with Crippen molar-refractivity contribution in [3.8, 4) is 0 Å². The highest BCUT2D eigenvalue weighted by atomic mass is 16.5. The molecule has 0 fully saturated rings. The molecule has 0 spiro atoms. The number of likely N-dealkylation sites (N-methyl/N-ethyl adjacent to an activating group) is 1. The third-order valence-electron chi connectivity index (χ3n) is 4.41. The van der Waals surface area contributed by atoms with Gasteiger partial charge in [-0.1, -0.05) is 18.2 Å². The standard InChI is InChI=1S/C20H22N2O3/c1-13(16-5-4-6-18(11-16)21-14(2)23)25-20(24)17-8-7-15-9-10-22(3)19(15)12-17/h4-8,11-13H,9-10H2,1-3H3,(H,21,23)/t13-/m0/s1. The minimum atomic E-state index is -0.410. The molecule has 0 saturated heterocycles. The van der Waals surface area contributed by atoms with Crippen LogP contribution in [0.15, 0.2) is 42.5 Å². The molecule has 5 heteroatoms. The summed E-state index contributed by atoms with van der Waals surface area (Å²) >= 11 is 0. The number of benzene rings is 2. The van der Waals surface area contributed by atoms with Gasteiger partial charge >= 0.3 is 5.97 Å². The Morgan fingerprint density at radius 3 is 2.76 bits per heavy atom. The van der Waals surface area contributed by atoms with Crippen LogP contribution in [0.25, 0.3) is 0 Å². The number of rotatable bonds is 4. The van der Waals surface area contributed by atoms with Crippen LogP contribution in [0.3, 0.4) is 0 Å². The summed E-state index contributed by atoms with van der Waals surface area (Å²) in [5, 5.41) is 2.73. The third-order valence-corrected chi connectivity index (χ3v) is 4.41. The number of carbonyl (C=O) groups is 2. The second-order valence-electron chi connectivity index (χ2n) is 6.37. The van der Waals surface area contributed by atoms with Crippen molar-refractivity contribution in [2.45, 2.75) is 26.4 Å². The fraction of sp³-hybridized carbons (Fsp3) is 0.300. The van der Waals surface area contributed by atoms with E-state index in [1.807, 2.05) is 50.4 Å². The van der Waals surface area contributed by atoms with Crippen LogP contribution in [0.2, 0.25) is 0 Å².